The Kier molecular flexibility index (Phi) is 19.9. The van der Waals surface area contributed by atoms with E-state index in [1.165, 1.54) is 0 Å². The van der Waals surface area contributed by atoms with Gasteiger partial charge in [0, 0.05) is 39.6 Å². The lowest BCUT2D eigenvalue weighted by atomic mass is 10.5. The van der Waals surface area contributed by atoms with Crippen molar-refractivity contribution in [1.29, 1.82) is 0 Å². The highest BCUT2D eigenvalue weighted by Gasteiger charge is 2.51. The Bertz CT molecular complexity index is 413. The number of hydrogen-bond acceptors (Lipinski definition) is 9. The fraction of sp³-hybridized carbons (Fsp3) is 0.947. The van der Waals surface area contributed by atoms with E-state index in [0.717, 1.165) is 6.42 Å². The summed E-state index contributed by atoms with van der Waals surface area (Å²) >= 11 is 0. The standard InChI is InChI=1S/C10H22O6Si.C9H23NO3Si/c1-5-9(16-10(11)12)17(13-6-2,14-7-3)15-8-4;1-5-9(10)14(11-6-2,12-7-3)13-8-4/h9H,5-8H2,1-4H3,(H,11,12);9H,5-8,10H2,1-4H3. The van der Waals surface area contributed by atoms with Crippen LogP contribution < -0.4 is 5.73 Å². The molecule has 0 fully saturated rings. The van der Waals surface area contributed by atoms with Gasteiger partial charge in [-0.25, -0.2) is 4.79 Å². The fourth-order valence-corrected chi connectivity index (χ4v) is 8.19. The molecule has 0 aromatic heterocycles. The zero-order chi connectivity index (χ0) is 24.3. The predicted molar refractivity (Wildman–Crippen MR) is 123 cm³/mol. The number of carboxylic acid groups (broad SMARTS) is 1. The van der Waals surface area contributed by atoms with Gasteiger partial charge in [-0.05, 0) is 54.4 Å². The second kappa shape index (κ2) is 18.9. The van der Waals surface area contributed by atoms with Crippen molar-refractivity contribution in [3.63, 3.8) is 0 Å². The molecule has 2 unspecified atom stereocenters. The normalized spacial score (nSPS) is 13.8. The van der Waals surface area contributed by atoms with E-state index in [1.807, 2.05) is 55.4 Å². The van der Waals surface area contributed by atoms with Gasteiger partial charge in [0.1, 0.15) is 0 Å². The van der Waals surface area contributed by atoms with Crippen LogP contribution in [0, 0.1) is 0 Å². The summed E-state index contributed by atoms with van der Waals surface area (Å²) in [5, 5.41) is 8.72. The van der Waals surface area contributed by atoms with Crippen molar-refractivity contribution in [3.8, 4) is 0 Å². The van der Waals surface area contributed by atoms with Crippen LogP contribution in [0.5, 0.6) is 0 Å². The molecule has 0 aliphatic carbocycles. The van der Waals surface area contributed by atoms with Gasteiger partial charge in [-0.1, -0.05) is 13.8 Å². The van der Waals surface area contributed by atoms with Crippen LogP contribution in [0.3, 0.4) is 0 Å². The molecule has 0 saturated heterocycles. The van der Waals surface area contributed by atoms with Crippen LogP contribution in [-0.2, 0) is 31.3 Å². The van der Waals surface area contributed by atoms with Crippen molar-refractivity contribution in [2.24, 2.45) is 5.73 Å². The molecule has 0 radical (unpaired) electrons. The van der Waals surface area contributed by atoms with E-state index in [0.29, 0.717) is 46.1 Å². The maximum atomic E-state index is 10.7. The lowest BCUT2D eigenvalue weighted by molar-refractivity contribution is -0.00174. The predicted octanol–water partition coefficient (Wildman–Crippen LogP) is 3.36. The first-order valence-electron chi connectivity index (χ1n) is 11.2. The second-order valence-electron chi connectivity index (χ2n) is 6.10. The molecule has 2 atom stereocenters. The molecule has 0 aliphatic rings. The van der Waals surface area contributed by atoms with E-state index in [4.69, 9.17) is 42.1 Å². The first-order valence-corrected chi connectivity index (χ1v) is 14.8. The van der Waals surface area contributed by atoms with Gasteiger partial charge in [0.05, 0.1) is 5.67 Å². The Morgan fingerprint density at radius 1 is 0.677 bits per heavy atom. The summed E-state index contributed by atoms with van der Waals surface area (Å²) in [4.78, 5) is 10.7. The van der Waals surface area contributed by atoms with Crippen molar-refractivity contribution in [3.05, 3.63) is 0 Å². The Balaban J connectivity index is 0. The monoisotopic (exact) mass is 487 g/mol. The van der Waals surface area contributed by atoms with Crippen LogP contribution in [0.15, 0.2) is 0 Å². The largest absolute Gasteiger partial charge is 0.544 e. The Labute approximate surface area is 190 Å². The van der Waals surface area contributed by atoms with Crippen LogP contribution in [0.25, 0.3) is 0 Å². The molecular weight excluding hydrogens is 442 g/mol. The minimum absolute atomic E-state index is 0.123. The van der Waals surface area contributed by atoms with Crippen LogP contribution in [-0.4, -0.2) is 79.9 Å². The smallest absolute Gasteiger partial charge is 0.450 e. The average Bonchev–Trinajstić information content (AvgIpc) is 2.72. The van der Waals surface area contributed by atoms with Gasteiger partial charge in [-0.3, -0.25) is 0 Å². The van der Waals surface area contributed by atoms with Gasteiger partial charge in [-0.15, -0.1) is 0 Å². The first-order chi connectivity index (χ1) is 14.7. The highest BCUT2D eigenvalue weighted by molar-refractivity contribution is 6.62. The molecule has 0 amide bonds. The molecule has 3 N–H and O–H groups in total. The number of carbonyl (C=O) groups is 1. The first kappa shape index (κ1) is 32.6. The van der Waals surface area contributed by atoms with E-state index >= 15 is 0 Å². The van der Waals surface area contributed by atoms with Gasteiger partial charge in [-0.2, -0.15) is 0 Å². The Morgan fingerprint density at radius 3 is 1.23 bits per heavy atom. The number of nitrogens with two attached hydrogens (primary N) is 1. The molecule has 0 heterocycles. The molecule has 0 aromatic rings. The maximum Gasteiger partial charge on any atom is 0.544 e. The summed E-state index contributed by atoms with van der Waals surface area (Å²) in [7, 11) is -5.71. The van der Waals surface area contributed by atoms with Crippen molar-refractivity contribution in [2.75, 3.05) is 39.6 Å². The van der Waals surface area contributed by atoms with Gasteiger partial charge >= 0.3 is 23.8 Å². The molecule has 0 aromatic carbocycles. The third-order valence-electron chi connectivity index (χ3n) is 3.98. The molecule has 0 rings (SSSR count). The second-order valence-corrected chi connectivity index (χ2v) is 11.6. The summed E-state index contributed by atoms with van der Waals surface area (Å²) in [6, 6.07) is 0. The quantitative estimate of drug-likeness (QED) is 0.233. The summed E-state index contributed by atoms with van der Waals surface area (Å²) in [5.41, 5.74) is 5.19. The van der Waals surface area contributed by atoms with Crippen LogP contribution >= 0.6 is 0 Å². The van der Waals surface area contributed by atoms with Crippen molar-refractivity contribution in [2.45, 2.75) is 79.6 Å². The minimum atomic E-state index is -3.09. The molecule has 0 saturated carbocycles. The summed E-state index contributed by atoms with van der Waals surface area (Å²) in [5.74, 6) is 0. The summed E-state index contributed by atoms with van der Waals surface area (Å²) in [6.07, 6.45) is -0.0714. The van der Waals surface area contributed by atoms with Gasteiger partial charge in [0.2, 0.25) is 0 Å². The number of rotatable bonds is 17. The zero-order valence-electron chi connectivity index (χ0n) is 20.6. The van der Waals surface area contributed by atoms with Crippen molar-refractivity contribution >= 4 is 23.8 Å². The topological polar surface area (TPSA) is 128 Å². The van der Waals surface area contributed by atoms with E-state index < -0.39 is 29.5 Å². The third-order valence-corrected chi connectivity index (χ3v) is 10.8. The zero-order valence-corrected chi connectivity index (χ0v) is 22.6. The summed E-state index contributed by atoms with van der Waals surface area (Å²) < 4.78 is 38.4. The highest BCUT2D eigenvalue weighted by atomic mass is 28.4. The average molecular weight is 488 g/mol. The van der Waals surface area contributed by atoms with Crippen LogP contribution in [0.2, 0.25) is 0 Å². The third kappa shape index (κ3) is 11.7. The molecule has 0 aliphatic heterocycles. The molecular formula is C19H45NO9Si2. The molecule has 12 heteroatoms. The SMILES string of the molecule is CCO[Si](OCC)(OCC)C(CC)OC(=O)O.CCO[Si](OCC)(OCC)C(N)CC. The van der Waals surface area contributed by atoms with Crippen molar-refractivity contribution in [1.82, 2.24) is 0 Å². The van der Waals surface area contributed by atoms with E-state index in [2.05, 4.69) is 0 Å². The highest BCUT2D eigenvalue weighted by Crippen LogP contribution is 2.21. The van der Waals surface area contributed by atoms with Gasteiger partial charge < -0.3 is 42.1 Å². The van der Waals surface area contributed by atoms with Gasteiger partial charge in [0.25, 0.3) is 0 Å². The molecule has 0 spiro atoms. The van der Waals surface area contributed by atoms with E-state index in [-0.39, 0.29) is 5.67 Å². The van der Waals surface area contributed by atoms with E-state index in [1.54, 1.807) is 0 Å². The maximum absolute atomic E-state index is 10.7. The number of ether oxygens (including phenoxy) is 1. The van der Waals surface area contributed by atoms with Crippen molar-refractivity contribution < 1.29 is 41.2 Å². The Hall–Kier alpha value is -0.576. The lowest BCUT2D eigenvalue weighted by Gasteiger charge is -2.33. The Morgan fingerprint density at radius 2 is 1.00 bits per heavy atom. The number of hydrogen-bond donors (Lipinski definition) is 2. The fourth-order valence-electron chi connectivity index (χ4n) is 2.83. The van der Waals surface area contributed by atoms with Gasteiger partial charge in [0.15, 0.2) is 5.73 Å². The molecule has 188 valence electrons. The summed E-state index contributed by atoms with van der Waals surface area (Å²) in [6.45, 7) is 18.0. The molecule has 0 bridgehead atoms. The molecule has 10 nitrogen and oxygen atoms in total. The van der Waals surface area contributed by atoms with Crippen LogP contribution in [0.4, 0.5) is 4.79 Å². The minimum Gasteiger partial charge on any atom is -0.450 e. The molecule has 31 heavy (non-hydrogen) atoms. The van der Waals surface area contributed by atoms with E-state index in [9.17, 15) is 4.79 Å². The lowest BCUT2D eigenvalue weighted by Crippen LogP contribution is -2.60. The van der Waals surface area contributed by atoms with Crippen LogP contribution in [0.1, 0.15) is 68.2 Å².